The second kappa shape index (κ2) is 11.5. The summed E-state index contributed by atoms with van der Waals surface area (Å²) in [6.07, 6.45) is 2.13. The summed E-state index contributed by atoms with van der Waals surface area (Å²) in [6, 6.07) is 17.7. The summed E-state index contributed by atoms with van der Waals surface area (Å²) in [5.74, 6) is 0.975. The van der Waals surface area contributed by atoms with Gasteiger partial charge in [-0.3, -0.25) is 4.79 Å². The Morgan fingerprint density at radius 3 is 2.68 bits per heavy atom. The number of carbonyl (C=O) groups is 1. The van der Waals surface area contributed by atoms with Crippen molar-refractivity contribution >= 4 is 11.9 Å². The van der Waals surface area contributed by atoms with E-state index in [1.54, 1.807) is 30.5 Å². The quantitative estimate of drug-likeness (QED) is 0.363. The first-order valence-corrected chi connectivity index (χ1v) is 10.3. The van der Waals surface area contributed by atoms with Crippen LogP contribution in [0.5, 0.6) is 0 Å². The first kappa shape index (κ1) is 22.1. The lowest BCUT2D eigenvalue weighted by Crippen LogP contribution is -2.38. The van der Waals surface area contributed by atoms with Crippen LogP contribution in [0.1, 0.15) is 34.2 Å². The highest BCUT2D eigenvalue weighted by atomic mass is 19.1. The number of carbonyl (C=O) groups excluding carboxylic acids is 1. The molecule has 2 aromatic carbocycles. The van der Waals surface area contributed by atoms with Gasteiger partial charge in [0.25, 0.3) is 5.91 Å². The van der Waals surface area contributed by atoms with Crippen LogP contribution in [-0.2, 0) is 19.5 Å². The number of hydrogen-bond donors (Lipinski definition) is 3. The van der Waals surface area contributed by atoms with Crippen LogP contribution in [0.3, 0.4) is 0 Å². The van der Waals surface area contributed by atoms with Gasteiger partial charge in [-0.2, -0.15) is 0 Å². The van der Waals surface area contributed by atoms with Crippen LogP contribution in [0.25, 0.3) is 0 Å². The fourth-order valence-electron chi connectivity index (χ4n) is 3.02. The summed E-state index contributed by atoms with van der Waals surface area (Å²) in [5.41, 5.74) is 2.15. The molecular weight excluding hydrogens is 395 g/mol. The van der Waals surface area contributed by atoms with Gasteiger partial charge < -0.3 is 20.4 Å². The second-order valence-electron chi connectivity index (χ2n) is 6.93. The lowest BCUT2D eigenvalue weighted by molar-refractivity contribution is 0.0948. The normalized spacial score (nSPS) is 11.2. The van der Waals surface area contributed by atoms with Crippen LogP contribution in [0.15, 0.2) is 76.3 Å². The molecule has 0 aliphatic heterocycles. The Morgan fingerprint density at radius 1 is 1.03 bits per heavy atom. The lowest BCUT2D eigenvalue weighted by Gasteiger charge is -2.12. The molecule has 3 aromatic rings. The van der Waals surface area contributed by atoms with Crippen LogP contribution in [0.2, 0.25) is 0 Å². The van der Waals surface area contributed by atoms with Crippen LogP contribution in [0, 0.1) is 5.82 Å². The maximum atomic E-state index is 13.8. The van der Waals surface area contributed by atoms with E-state index in [0.29, 0.717) is 55.4 Å². The molecule has 0 aliphatic rings. The minimum atomic E-state index is -0.201. The molecule has 1 aromatic heterocycles. The largest absolute Gasteiger partial charge is 0.467 e. The summed E-state index contributed by atoms with van der Waals surface area (Å²) in [5, 5.41) is 9.24. The molecule has 7 heteroatoms. The summed E-state index contributed by atoms with van der Waals surface area (Å²) in [6.45, 7) is 4.00. The Kier molecular flexibility index (Phi) is 8.22. The monoisotopic (exact) mass is 422 g/mol. The van der Waals surface area contributed by atoms with Crippen molar-refractivity contribution in [2.45, 2.75) is 26.4 Å². The number of hydrogen-bond acceptors (Lipinski definition) is 3. The van der Waals surface area contributed by atoms with Gasteiger partial charge in [-0.15, -0.1) is 0 Å². The molecule has 0 atom stereocenters. The van der Waals surface area contributed by atoms with Crippen LogP contribution < -0.4 is 16.0 Å². The van der Waals surface area contributed by atoms with E-state index in [0.717, 1.165) is 5.56 Å². The number of guanidine groups is 1. The number of nitrogens with one attached hydrogen (secondary N) is 3. The highest BCUT2D eigenvalue weighted by molar-refractivity contribution is 5.94. The molecule has 162 valence electrons. The minimum absolute atomic E-state index is 0.169. The molecular formula is C24H27FN4O2. The second-order valence-corrected chi connectivity index (χ2v) is 6.93. The maximum absolute atomic E-state index is 13.8. The van der Waals surface area contributed by atoms with E-state index < -0.39 is 0 Å². The predicted molar refractivity (Wildman–Crippen MR) is 119 cm³/mol. The number of rotatable bonds is 9. The molecule has 0 spiro atoms. The summed E-state index contributed by atoms with van der Waals surface area (Å²) in [4.78, 5) is 17.0. The van der Waals surface area contributed by atoms with Crippen molar-refractivity contribution in [3.63, 3.8) is 0 Å². The smallest absolute Gasteiger partial charge is 0.251 e. The standard InChI is InChI=1S/C24H27FN4O2/c1-2-26-24(27-13-12-19-8-3-4-11-22(19)25)29-16-18-7-5-9-20(15-18)23(30)28-17-21-10-6-14-31-21/h3-11,14-15H,2,12-13,16-17H2,1H3,(H,28,30)(H2,26,27,29). The molecule has 1 heterocycles. The number of aliphatic imine (C=N–C) groups is 1. The van der Waals surface area contributed by atoms with Gasteiger partial charge in [-0.1, -0.05) is 30.3 Å². The van der Waals surface area contributed by atoms with Gasteiger partial charge in [0, 0.05) is 18.7 Å². The first-order chi connectivity index (χ1) is 15.2. The average Bonchev–Trinajstić information content (AvgIpc) is 3.31. The van der Waals surface area contributed by atoms with Crippen molar-refractivity contribution < 1.29 is 13.6 Å². The summed E-state index contributed by atoms with van der Waals surface area (Å²) < 4.78 is 19.0. The third-order valence-corrected chi connectivity index (χ3v) is 4.60. The fourth-order valence-corrected chi connectivity index (χ4v) is 3.02. The highest BCUT2D eigenvalue weighted by Gasteiger charge is 2.07. The average molecular weight is 423 g/mol. The highest BCUT2D eigenvalue weighted by Crippen LogP contribution is 2.08. The Labute approximate surface area is 181 Å². The van der Waals surface area contributed by atoms with Gasteiger partial charge in [0.1, 0.15) is 11.6 Å². The molecule has 0 aliphatic carbocycles. The fraction of sp³-hybridized carbons (Fsp3) is 0.250. The summed E-state index contributed by atoms with van der Waals surface area (Å²) in [7, 11) is 0. The molecule has 1 amide bonds. The third-order valence-electron chi connectivity index (χ3n) is 4.60. The first-order valence-electron chi connectivity index (χ1n) is 10.3. The molecule has 0 bridgehead atoms. The molecule has 0 saturated carbocycles. The van der Waals surface area contributed by atoms with Crippen molar-refractivity contribution in [2.75, 3.05) is 13.1 Å². The Morgan fingerprint density at radius 2 is 1.90 bits per heavy atom. The zero-order valence-corrected chi connectivity index (χ0v) is 17.5. The van der Waals surface area contributed by atoms with Crippen molar-refractivity contribution in [1.29, 1.82) is 0 Å². The van der Waals surface area contributed by atoms with Crippen molar-refractivity contribution in [3.05, 3.63) is 95.2 Å². The molecule has 0 saturated heterocycles. The number of benzene rings is 2. The zero-order chi connectivity index (χ0) is 21.9. The number of amides is 1. The van der Waals surface area contributed by atoms with E-state index in [2.05, 4.69) is 20.9 Å². The minimum Gasteiger partial charge on any atom is -0.467 e. The number of nitrogens with zero attached hydrogens (tertiary/aromatic N) is 1. The third kappa shape index (κ3) is 6.99. The van der Waals surface area contributed by atoms with Crippen LogP contribution in [0.4, 0.5) is 4.39 Å². The lowest BCUT2D eigenvalue weighted by atomic mass is 10.1. The van der Waals surface area contributed by atoms with Crippen molar-refractivity contribution in [2.24, 2.45) is 4.99 Å². The topological polar surface area (TPSA) is 78.7 Å². The summed E-state index contributed by atoms with van der Waals surface area (Å²) >= 11 is 0. The molecule has 0 unspecified atom stereocenters. The predicted octanol–water partition coefficient (Wildman–Crippen LogP) is 3.65. The maximum Gasteiger partial charge on any atom is 0.251 e. The van der Waals surface area contributed by atoms with E-state index in [1.807, 2.05) is 37.3 Å². The molecule has 3 N–H and O–H groups in total. The van der Waals surface area contributed by atoms with E-state index in [1.165, 1.54) is 6.07 Å². The molecule has 0 radical (unpaired) electrons. The van der Waals surface area contributed by atoms with E-state index in [4.69, 9.17) is 4.42 Å². The van der Waals surface area contributed by atoms with Crippen molar-refractivity contribution in [3.8, 4) is 0 Å². The van der Waals surface area contributed by atoms with Gasteiger partial charge in [-0.25, -0.2) is 9.38 Å². The van der Waals surface area contributed by atoms with E-state index in [9.17, 15) is 9.18 Å². The Bertz CT molecular complexity index is 1000. The van der Waals surface area contributed by atoms with Gasteiger partial charge in [0.05, 0.1) is 19.4 Å². The molecule has 0 fully saturated rings. The van der Waals surface area contributed by atoms with Crippen LogP contribution >= 0.6 is 0 Å². The molecule has 6 nitrogen and oxygen atoms in total. The van der Waals surface area contributed by atoms with E-state index >= 15 is 0 Å². The van der Waals surface area contributed by atoms with Gasteiger partial charge in [0.2, 0.25) is 0 Å². The number of halogens is 1. The van der Waals surface area contributed by atoms with Gasteiger partial charge >= 0.3 is 0 Å². The van der Waals surface area contributed by atoms with E-state index in [-0.39, 0.29) is 11.7 Å². The Hall–Kier alpha value is -3.61. The number of furan rings is 1. The van der Waals surface area contributed by atoms with Crippen LogP contribution in [-0.4, -0.2) is 25.0 Å². The SMILES string of the molecule is CCNC(=NCc1cccc(C(=O)NCc2ccco2)c1)NCCc1ccccc1F. The van der Waals surface area contributed by atoms with Gasteiger partial charge in [0.15, 0.2) is 5.96 Å². The molecule has 3 rings (SSSR count). The zero-order valence-electron chi connectivity index (χ0n) is 17.5. The van der Waals surface area contributed by atoms with Crippen molar-refractivity contribution in [1.82, 2.24) is 16.0 Å². The molecule has 31 heavy (non-hydrogen) atoms. The van der Waals surface area contributed by atoms with Gasteiger partial charge in [-0.05, 0) is 54.8 Å². The Balaban J connectivity index is 1.55.